The van der Waals surface area contributed by atoms with Crippen molar-refractivity contribution in [3.8, 4) is 11.5 Å². The molecule has 1 saturated carbocycles. The maximum Gasteiger partial charge on any atom is 0.287 e. The maximum atomic E-state index is 14.7. The van der Waals surface area contributed by atoms with Crippen LogP contribution in [-0.4, -0.2) is 39.8 Å². The number of aromatic amines is 1. The van der Waals surface area contributed by atoms with E-state index < -0.39 is 23.1 Å². The molecule has 0 radical (unpaired) electrons. The van der Waals surface area contributed by atoms with Crippen LogP contribution in [0.2, 0.25) is 0 Å². The zero-order chi connectivity index (χ0) is 28.9. The minimum atomic E-state index is -0.685. The summed E-state index contributed by atoms with van der Waals surface area (Å²) >= 11 is 0. The Labute approximate surface area is 234 Å². The highest BCUT2D eigenvalue weighted by Gasteiger charge is 2.24. The second kappa shape index (κ2) is 12.4. The molecule has 2 aromatic heterocycles. The molecule has 0 unspecified atom stereocenters. The molecule has 0 bridgehead atoms. The van der Waals surface area contributed by atoms with Crippen LogP contribution in [0.3, 0.4) is 0 Å². The van der Waals surface area contributed by atoms with E-state index in [-0.39, 0.29) is 41.4 Å². The van der Waals surface area contributed by atoms with Crippen molar-refractivity contribution in [2.24, 2.45) is 11.8 Å². The van der Waals surface area contributed by atoms with Crippen molar-refractivity contribution in [1.29, 1.82) is 0 Å². The van der Waals surface area contributed by atoms with Crippen LogP contribution < -0.4 is 20.3 Å². The van der Waals surface area contributed by atoms with E-state index in [1.807, 2.05) is 0 Å². The van der Waals surface area contributed by atoms with E-state index >= 15 is 0 Å². The number of aryl methyl sites for hydroxylation is 1. The summed E-state index contributed by atoms with van der Waals surface area (Å²) in [4.78, 5) is 32.3. The normalized spacial score (nSPS) is 17.0. The van der Waals surface area contributed by atoms with Crippen molar-refractivity contribution >= 4 is 16.8 Å². The molecule has 2 N–H and O–H groups in total. The smallest absolute Gasteiger partial charge is 0.287 e. The van der Waals surface area contributed by atoms with E-state index in [1.54, 1.807) is 6.92 Å². The van der Waals surface area contributed by atoms with E-state index in [0.717, 1.165) is 38.5 Å². The van der Waals surface area contributed by atoms with Crippen molar-refractivity contribution in [2.45, 2.75) is 52.0 Å². The van der Waals surface area contributed by atoms with E-state index in [9.17, 15) is 18.4 Å². The van der Waals surface area contributed by atoms with Gasteiger partial charge in [0.05, 0.1) is 19.2 Å². The number of carbonyl (C=O) groups excluding carboxylic acids is 1. The number of hydrogen-bond donors (Lipinski definition) is 2. The lowest BCUT2D eigenvalue weighted by Crippen LogP contribution is -2.27. The topological polar surface area (TPSA) is 132 Å². The largest absolute Gasteiger partial charge is 0.494 e. The molecule has 1 amide bonds. The number of aromatic nitrogens is 4. The van der Waals surface area contributed by atoms with Gasteiger partial charge in [-0.2, -0.15) is 0 Å². The third-order valence-electron chi connectivity index (χ3n) is 7.43. The monoisotopic (exact) mass is 567 g/mol. The number of carbonyl (C=O) groups is 1. The fraction of sp³-hybridized carbons (Fsp3) is 0.414. The minimum Gasteiger partial charge on any atom is -0.494 e. The summed E-state index contributed by atoms with van der Waals surface area (Å²) in [6.45, 7) is 2.08. The molecule has 1 aliphatic carbocycles. The molecule has 216 valence electrons. The average Bonchev–Trinajstić information content (AvgIpc) is 3.38. The van der Waals surface area contributed by atoms with E-state index in [1.165, 1.54) is 37.4 Å². The van der Waals surface area contributed by atoms with Gasteiger partial charge in [-0.1, -0.05) is 18.9 Å². The van der Waals surface area contributed by atoms with Gasteiger partial charge in [0.1, 0.15) is 5.39 Å². The summed E-state index contributed by atoms with van der Waals surface area (Å²) < 4.78 is 44.6. The van der Waals surface area contributed by atoms with Gasteiger partial charge in [0.15, 0.2) is 29.0 Å². The Bertz CT molecular complexity index is 1600. The van der Waals surface area contributed by atoms with Gasteiger partial charge >= 0.3 is 0 Å². The summed E-state index contributed by atoms with van der Waals surface area (Å²) in [5.41, 5.74) is 0.0401. The first kappa shape index (κ1) is 28.2. The summed E-state index contributed by atoms with van der Waals surface area (Å²) in [7, 11) is 1.34. The number of H-pyrrole nitrogens is 1. The predicted molar refractivity (Wildman–Crippen MR) is 145 cm³/mol. The summed E-state index contributed by atoms with van der Waals surface area (Å²) in [5.74, 6) is -0.0340. The molecule has 1 aliphatic rings. The number of benzene rings is 2. The lowest BCUT2D eigenvalue weighted by Gasteiger charge is -2.27. The maximum absolute atomic E-state index is 14.7. The Morgan fingerprint density at radius 1 is 1.10 bits per heavy atom. The molecule has 12 heteroatoms. The van der Waals surface area contributed by atoms with E-state index in [4.69, 9.17) is 13.9 Å². The SMILES string of the molecule is COc1cc(CNC(=O)c2nc3ccc(F)c(OCCC4CCC(Cc5nnc(C)o5)CC4)c3c(=O)[nH]2)ccc1F. The highest BCUT2D eigenvalue weighted by Crippen LogP contribution is 2.33. The number of ether oxygens (including phenoxy) is 2. The van der Waals surface area contributed by atoms with Gasteiger partial charge in [0.25, 0.3) is 11.5 Å². The standard InChI is InChI=1S/C29H31F2N5O5/c1-16-35-36-24(41-16)14-18-5-3-17(4-6-18)11-12-40-26-21(31)9-10-22-25(26)28(37)34-27(33-22)29(38)32-15-19-7-8-20(30)23(13-19)39-2/h7-10,13,17-18H,3-6,11-12,14-15H2,1-2H3,(H,32,38)(H,33,34,37). The number of amides is 1. The molecule has 0 aliphatic heterocycles. The second-order valence-corrected chi connectivity index (χ2v) is 10.3. The Kier molecular flexibility index (Phi) is 8.55. The molecule has 0 saturated heterocycles. The van der Waals surface area contributed by atoms with Crippen LogP contribution in [0, 0.1) is 30.4 Å². The molecule has 0 atom stereocenters. The Hall–Kier alpha value is -4.35. The van der Waals surface area contributed by atoms with Crippen molar-refractivity contribution < 1.29 is 27.5 Å². The molecule has 4 aromatic rings. The summed E-state index contributed by atoms with van der Waals surface area (Å²) in [6.07, 6.45) is 5.62. The van der Waals surface area contributed by atoms with Crippen LogP contribution in [0.5, 0.6) is 11.5 Å². The molecule has 41 heavy (non-hydrogen) atoms. The number of nitrogens with zero attached hydrogens (tertiary/aromatic N) is 3. The number of fused-ring (bicyclic) bond motifs is 1. The van der Waals surface area contributed by atoms with Gasteiger partial charge in [-0.25, -0.2) is 13.8 Å². The quantitative estimate of drug-likeness (QED) is 0.283. The third-order valence-corrected chi connectivity index (χ3v) is 7.43. The Morgan fingerprint density at radius 3 is 2.59 bits per heavy atom. The lowest BCUT2D eigenvalue weighted by molar-refractivity contribution is 0.0940. The van der Waals surface area contributed by atoms with Gasteiger partial charge < -0.3 is 24.2 Å². The average molecular weight is 568 g/mol. The van der Waals surface area contributed by atoms with Crippen LogP contribution in [0.15, 0.2) is 39.5 Å². The third kappa shape index (κ3) is 6.69. The molecule has 5 rings (SSSR count). The van der Waals surface area contributed by atoms with Gasteiger partial charge in [-0.3, -0.25) is 9.59 Å². The Balaban J connectivity index is 1.19. The zero-order valence-corrected chi connectivity index (χ0v) is 22.8. The van der Waals surface area contributed by atoms with Crippen molar-refractivity contribution in [3.05, 3.63) is 75.5 Å². The molecular formula is C29H31F2N5O5. The first-order valence-electron chi connectivity index (χ1n) is 13.6. The molecule has 2 heterocycles. The first-order valence-corrected chi connectivity index (χ1v) is 13.6. The molecule has 2 aromatic carbocycles. The summed E-state index contributed by atoms with van der Waals surface area (Å²) in [5, 5.41) is 10.5. The van der Waals surface area contributed by atoms with Crippen LogP contribution in [-0.2, 0) is 13.0 Å². The fourth-order valence-corrected chi connectivity index (χ4v) is 5.23. The van der Waals surface area contributed by atoms with Crippen molar-refractivity contribution in [3.63, 3.8) is 0 Å². The first-order chi connectivity index (χ1) is 19.8. The Morgan fingerprint density at radius 2 is 1.85 bits per heavy atom. The molecular weight excluding hydrogens is 536 g/mol. The highest BCUT2D eigenvalue weighted by molar-refractivity contribution is 5.93. The van der Waals surface area contributed by atoms with Crippen LogP contribution in [0.1, 0.15) is 60.1 Å². The number of nitrogens with one attached hydrogen (secondary N) is 2. The predicted octanol–water partition coefficient (Wildman–Crippen LogP) is 4.65. The van der Waals surface area contributed by atoms with Gasteiger partial charge in [0.2, 0.25) is 11.8 Å². The van der Waals surface area contributed by atoms with Gasteiger partial charge in [0, 0.05) is 19.9 Å². The van der Waals surface area contributed by atoms with Crippen molar-refractivity contribution in [2.75, 3.05) is 13.7 Å². The number of methoxy groups -OCH3 is 1. The lowest BCUT2D eigenvalue weighted by atomic mass is 9.79. The fourth-order valence-electron chi connectivity index (χ4n) is 5.23. The number of hydrogen-bond acceptors (Lipinski definition) is 8. The number of halogens is 2. The molecule has 1 fully saturated rings. The van der Waals surface area contributed by atoms with Crippen LogP contribution in [0.4, 0.5) is 8.78 Å². The van der Waals surface area contributed by atoms with Crippen LogP contribution in [0.25, 0.3) is 10.9 Å². The van der Waals surface area contributed by atoms with E-state index in [2.05, 4.69) is 25.5 Å². The minimum absolute atomic E-state index is 0.0478. The van der Waals surface area contributed by atoms with E-state index in [0.29, 0.717) is 29.2 Å². The van der Waals surface area contributed by atoms with Crippen molar-refractivity contribution in [1.82, 2.24) is 25.5 Å². The second-order valence-electron chi connectivity index (χ2n) is 10.3. The zero-order valence-electron chi connectivity index (χ0n) is 22.8. The van der Waals surface area contributed by atoms with Gasteiger partial charge in [-0.15, -0.1) is 10.2 Å². The molecule has 0 spiro atoms. The summed E-state index contributed by atoms with van der Waals surface area (Å²) in [6, 6.07) is 6.70. The van der Waals surface area contributed by atoms with Gasteiger partial charge in [-0.05, 0) is 60.9 Å². The highest BCUT2D eigenvalue weighted by atomic mass is 19.1. The van der Waals surface area contributed by atoms with Crippen LogP contribution >= 0.6 is 0 Å². The number of rotatable bonds is 10. The molecule has 10 nitrogen and oxygen atoms in total.